The van der Waals surface area contributed by atoms with Gasteiger partial charge in [-0.05, 0) is 48.5 Å². The summed E-state index contributed by atoms with van der Waals surface area (Å²) < 4.78 is 18.3. The molecule has 0 aromatic heterocycles. The van der Waals surface area contributed by atoms with Gasteiger partial charge in [-0.25, -0.2) is 0 Å². The van der Waals surface area contributed by atoms with Crippen LogP contribution in [-0.2, 0) is 20.1 Å². The van der Waals surface area contributed by atoms with Gasteiger partial charge in [-0.2, -0.15) is 0 Å². The van der Waals surface area contributed by atoms with Crippen molar-refractivity contribution in [1.29, 1.82) is 0 Å². The van der Waals surface area contributed by atoms with Crippen molar-refractivity contribution in [3.8, 4) is 5.75 Å². The summed E-state index contributed by atoms with van der Waals surface area (Å²) in [5.41, 5.74) is 2.68. The molecule has 1 amide bonds. The molecule has 0 saturated carbocycles. The number of hydrogen-bond acceptors (Lipinski definition) is 6. The fourth-order valence-electron chi connectivity index (χ4n) is 5.12. The highest BCUT2D eigenvalue weighted by molar-refractivity contribution is 6.31. The lowest BCUT2D eigenvalue weighted by Gasteiger charge is -2.38. The van der Waals surface area contributed by atoms with E-state index in [1.54, 1.807) is 29.2 Å². The summed E-state index contributed by atoms with van der Waals surface area (Å²) in [5, 5.41) is 1.38. The van der Waals surface area contributed by atoms with Crippen molar-refractivity contribution in [2.24, 2.45) is 0 Å². The molecule has 0 N–H and O–H groups in total. The maximum Gasteiger partial charge on any atom is 0.293 e. The average Bonchev–Trinajstić information content (AvgIpc) is 3.45. The van der Waals surface area contributed by atoms with Gasteiger partial charge < -0.3 is 19.1 Å². The van der Waals surface area contributed by atoms with E-state index < -0.39 is 5.79 Å². The zero-order chi connectivity index (χ0) is 25.4. The Morgan fingerprint density at radius 2 is 1.70 bits per heavy atom. The number of fused-ring (bicyclic) bond motifs is 2. The normalized spacial score (nSPS) is 23.6. The first kappa shape index (κ1) is 24.5. The van der Waals surface area contributed by atoms with Gasteiger partial charge in [0.25, 0.3) is 11.7 Å². The van der Waals surface area contributed by atoms with Crippen LogP contribution in [0.4, 0.5) is 11.4 Å². The van der Waals surface area contributed by atoms with Gasteiger partial charge in [0.2, 0.25) is 0 Å². The van der Waals surface area contributed by atoms with Gasteiger partial charge in [-0.15, -0.1) is 0 Å². The molecule has 3 aliphatic rings. The fraction of sp³-hybridized carbons (Fsp3) is 0.321. The van der Waals surface area contributed by atoms with Gasteiger partial charge in [-0.3, -0.25) is 14.6 Å². The number of carbonyl (C=O) groups is 1. The van der Waals surface area contributed by atoms with Gasteiger partial charge in [0.1, 0.15) is 18.5 Å². The third-order valence-electron chi connectivity index (χ3n) is 7.02. The maximum absolute atomic E-state index is 13.8. The van der Waals surface area contributed by atoms with Crippen LogP contribution in [0, 0.1) is 0 Å². The lowest BCUT2D eigenvalue weighted by Crippen LogP contribution is -2.52. The van der Waals surface area contributed by atoms with Crippen LogP contribution in [0.15, 0.2) is 72.8 Å². The Hall–Kier alpha value is -2.81. The molecule has 3 aliphatic heterocycles. The highest BCUT2D eigenvalue weighted by Crippen LogP contribution is 2.47. The number of rotatable bonds is 6. The van der Waals surface area contributed by atoms with Crippen molar-refractivity contribution >= 4 is 40.5 Å². The van der Waals surface area contributed by atoms with Crippen LogP contribution in [0.3, 0.4) is 0 Å². The molecule has 2 unspecified atom stereocenters. The summed E-state index contributed by atoms with van der Waals surface area (Å²) in [4.78, 5) is 20.2. The zero-order valence-electron chi connectivity index (χ0n) is 20.2. The standard InChI is InChI=1S/C28H27Cl2N3O4/c29-20-8-10-23(11-9-20)35-17-24-18-36-28(37-24)25-6-1-2-7-26(25)33(27(28)34)19-31-12-14-32(15-13-31)22-5-3-4-21(30)16-22/h1-11,16,24H,12-15,17-19H2. The maximum atomic E-state index is 13.8. The van der Waals surface area contributed by atoms with Crippen LogP contribution < -0.4 is 14.5 Å². The van der Waals surface area contributed by atoms with E-state index in [9.17, 15) is 4.79 Å². The van der Waals surface area contributed by atoms with Crippen molar-refractivity contribution in [2.75, 3.05) is 55.9 Å². The Balaban J connectivity index is 1.12. The summed E-state index contributed by atoms with van der Waals surface area (Å²) >= 11 is 12.1. The third-order valence-corrected chi connectivity index (χ3v) is 7.50. The van der Waals surface area contributed by atoms with Crippen molar-refractivity contribution in [3.63, 3.8) is 0 Å². The van der Waals surface area contributed by atoms with E-state index in [2.05, 4.69) is 15.9 Å². The van der Waals surface area contributed by atoms with Crippen LogP contribution in [0.2, 0.25) is 10.0 Å². The van der Waals surface area contributed by atoms with Crippen LogP contribution in [0.25, 0.3) is 0 Å². The van der Waals surface area contributed by atoms with Crippen molar-refractivity contribution in [2.45, 2.75) is 11.9 Å². The van der Waals surface area contributed by atoms with Gasteiger partial charge in [0.15, 0.2) is 0 Å². The summed E-state index contributed by atoms with van der Waals surface area (Å²) in [7, 11) is 0. The first-order valence-electron chi connectivity index (χ1n) is 12.4. The van der Waals surface area contributed by atoms with E-state index in [4.69, 9.17) is 37.4 Å². The number of para-hydroxylation sites is 1. The lowest BCUT2D eigenvalue weighted by atomic mass is 10.1. The van der Waals surface area contributed by atoms with Crippen LogP contribution >= 0.6 is 23.2 Å². The molecule has 3 aromatic carbocycles. The number of nitrogens with zero attached hydrogens (tertiary/aromatic N) is 3. The predicted molar refractivity (Wildman–Crippen MR) is 143 cm³/mol. The minimum absolute atomic E-state index is 0.194. The van der Waals surface area contributed by atoms with E-state index in [0.717, 1.165) is 48.1 Å². The summed E-state index contributed by atoms with van der Waals surface area (Å²) in [6.45, 7) is 4.36. The summed E-state index contributed by atoms with van der Waals surface area (Å²) in [5.74, 6) is -0.946. The summed E-state index contributed by atoms with van der Waals surface area (Å²) in [6.07, 6.45) is -0.381. The van der Waals surface area contributed by atoms with Gasteiger partial charge in [0, 0.05) is 47.5 Å². The fourth-order valence-corrected chi connectivity index (χ4v) is 5.43. The Labute approximate surface area is 226 Å². The molecular weight excluding hydrogens is 513 g/mol. The first-order valence-corrected chi connectivity index (χ1v) is 13.1. The Kier molecular flexibility index (Phi) is 6.73. The molecule has 3 heterocycles. The number of anilines is 2. The Morgan fingerprint density at radius 1 is 0.919 bits per heavy atom. The van der Waals surface area contributed by atoms with Gasteiger partial charge in [0.05, 0.1) is 19.0 Å². The van der Waals surface area contributed by atoms with E-state index in [1.165, 1.54) is 0 Å². The topological polar surface area (TPSA) is 54.5 Å². The molecule has 2 atom stereocenters. The number of benzene rings is 3. The first-order chi connectivity index (χ1) is 18.0. The molecule has 1 spiro atoms. The second-order valence-electron chi connectivity index (χ2n) is 9.41. The molecule has 3 aromatic rings. The smallest absolute Gasteiger partial charge is 0.293 e. The third kappa shape index (κ3) is 4.78. The Morgan fingerprint density at radius 3 is 2.49 bits per heavy atom. The van der Waals surface area contributed by atoms with Gasteiger partial charge in [-0.1, -0.05) is 47.5 Å². The monoisotopic (exact) mass is 539 g/mol. The van der Waals surface area contributed by atoms with Crippen molar-refractivity contribution < 1.29 is 19.0 Å². The zero-order valence-corrected chi connectivity index (χ0v) is 21.7. The Bertz CT molecular complexity index is 1280. The van der Waals surface area contributed by atoms with E-state index in [1.807, 2.05) is 42.5 Å². The number of hydrogen-bond donors (Lipinski definition) is 0. The second-order valence-corrected chi connectivity index (χ2v) is 10.3. The highest BCUT2D eigenvalue weighted by atomic mass is 35.5. The van der Waals surface area contributed by atoms with Crippen molar-refractivity contribution in [3.05, 3.63) is 88.4 Å². The molecule has 2 fully saturated rings. The minimum Gasteiger partial charge on any atom is -0.491 e. The molecule has 192 valence electrons. The molecule has 2 saturated heterocycles. The number of piperazine rings is 1. The predicted octanol–water partition coefficient (Wildman–Crippen LogP) is 4.77. The molecule has 0 bridgehead atoms. The largest absolute Gasteiger partial charge is 0.491 e. The van der Waals surface area contributed by atoms with Gasteiger partial charge >= 0.3 is 0 Å². The second kappa shape index (κ2) is 10.2. The SMILES string of the molecule is O=C1N(CN2CCN(c3cccc(Cl)c3)CC2)c2ccccc2C12OCC(COc1ccc(Cl)cc1)O2. The van der Waals surface area contributed by atoms with Crippen LogP contribution in [0.5, 0.6) is 5.75 Å². The van der Waals surface area contributed by atoms with Crippen LogP contribution in [0.1, 0.15) is 5.56 Å². The van der Waals surface area contributed by atoms with Crippen molar-refractivity contribution in [1.82, 2.24) is 4.90 Å². The molecule has 7 nitrogen and oxygen atoms in total. The lowest BCUT2D eigenvalue weighted by molar-refractivity contribution is -0.187. The molecule has 6 rings (SSSR count). The van der Waals surface area contributed by atoms with E-state index >= 15 is 0 Å². The summed E-state index contributed by atoms with van der Waals surface area (Å²) in [6, 6.07) is 22.8. The number of carbonyl (C=O) groups excluding carboxylic acids is 1. The quantitative estimate of drug-likeness (QED) is 0.449. The molecule has 0 radical (unpaired) electrons. The molecule has 37 heavy (non-hydrogen) atoms. The molecule has 0 aliphatic carbocycles. The van der Waals surface area contributed by atoms with E-state index in [0.29, 0.717) is 17.4 Å². The highest BCUT2D eigenvalue weighted by Gasteiger charge is 2.58. The number of ether oxygens (including phenoxy) is 3. The minimum atomic E-state index is -1.44. The molecular formula is C28H27Cl2N3O4. The van der Waals surface area contributed by atoms with E-state index in [-0.39, 0.29) is 25.2 Å². The van der Waals surface area contributed by atoms with Crippen LogP contribution in [-0.4, -0.2) is 63.0 Å². The number of halogens is 2. The molecule has 9 heteroatoms. The average molecular weight is 540 g/mol. The number of amides is 1.